The molecule has 0 aliphatic heterocycles. The van der Waals surface area contributed by atoms with Gasteiger partial charge >= 0.3 is 5.97 Å². The minimum Gasteiger partial charge on any atom is -0.466 e. The van der Waals surface area contributed by atoms with Gasteiger partial charge in [0.2, 0.25) is 5.91 Å². The summed E-state index contributed by atoms with van der Waals surface area (Å²) in [6.45, 7) is 5.00. The zero-order valence-corrected chi connectivity index (χ0v) is 58.1. The first-order valence-corrected chi connectivity index (χ1v) is 39.4. The lowest BCUT2D eigenvalue weighted by Crippen LogP contribution is -2.45. The highest BCUT2D eigenvalue weighted by Gasteiger charge is 2.20. The van der Waals surface area contributed by atoms with Crippen LogP contribution in [0.15, 0.2) is 12.2 Å². The van der Waals surface area contributed by atoms with E-state index < -0.39 is 12.1 Å². The molecule has 0 aliphatic rings. The van der Waals surface area contributed by atoms with Crippen molar-refractivity contribution in [2.45, 2.75) is 469 Å². The zero-order valence-electron chi connectivity index (χ0n) is 58.1. The highest BCUT2D eigenvalue weighted by atomic mass is 16.5. The maximum Gasteiger partial charge on any atom is 0.305 e. The first-order chi connectivity index (χ1) is 42.0. The summed E-state index contributed by atoms with van der Waals surface area (Å²) in [6.07, 6.45) is 94.6. The van der Waals surface area contributed by atoms with Gasteiger partial charge in [-0.15, -0.1) is 0 Å². The second-order valence-electron chi connectivity index (χ2n) is 27.4. The molecule has 0 heterocycles. The van der Waals surface area contributed by atoms with E-state index in [-0.39, 0.29) is 18.5 Å². The molecule has 0 aromatic heterocycles. The third kappa shape index (κ3) is 71.6. The lowest BCUT2D eigenvalue weighted by atomic mass is 10.0. The fourth-order valence-corrected chi connectivity index (χ4v) is 12.8. The molecule has 0 bridgehead atoms. The van der Waals surface area contributed by atoms with Crippen LogP contribution in [-0.2, 0) is 14.3 Å². The Kier molecular flexibility index (Phi) is 73.8. The van der Waals surface area contributed by atoms with E-state index in [1.165, 1.54) is 385 Å². The number of carbonyl (C=O) groups is 2. The summed E-state index contributed by atoms with van der Waals surface area (Å²) in [5.41, 5.74) is 0. The average molecular weight is 1200 g/mol. The van der Waals surface area contributed by atoms with Gasteiger partial charge in [-0.3, -0.25) is 9.59 Å². The number of aliphatic hydroxyl groups excluding tert-OH is 2. The van der Waals surface area contributed by atoms with Crippen molar-refractivity contribution in [2.24, 2.45) is 0 Å². The van der Waals surface area contributed by atoms with Crippen LogP contribution in [-0.4, -0.2) is 47.4 Å². The lowest BCUT2D eigenvalue weighted by molar-refractivity contribution is -0.143. The van der Waals surface area contributed by atoms with Crippen molar-refractivity contribution in [1.82, 2.24) is 5.32 Å². The van der Waals surface area contributed by atoms with Gasteiger partial charge in [0, 0.05) is 12.8 Å². The smallest absolute Gasteiger partial charge is 0.305 e. The van der Waals surface area contributed by atoms with Crippen LogP contribution in [0.1, 0.15) is 457 Å². The third-order valence-corrected chi connectivity index (χ3v) is 18.8. The number of hydrogen-bond donors (Lipinski definition) is 3. The topological polar surface area (TPSA) is 95.9 Å². The maximum absolute atomic E-state index is 12.5. The lowest BCUT2D eigenvalue weighted by Gasteiger charge is -2.22. The number of unbranched alkanes of at least 4 members (excludes halogenated alkanes) is 62. The Labute approximate surface area is 533 Å². The van der Waals surface area contributed by atoms with Crippen molar-refractivity contribution < 1.29 is 24.5 Å². The molecule has 0 aromatic carbocycles. The van der Waals surface area contributed by atoms with Crippen molar-refractivity contribution >= 4 is 11.9 Å². The first kappa shape index (κ1) is 83.6. The summed E-state index contributed by atoms with van der Waals surface area (Å²) in [5.74, 6) is -0.00256. The van der Waals surface area contributed by atoms with Crippen LogP contribution in [0.4, 0.5) is 0 Å². The molecule has 0 saturated carbocycles. The zero-order chi connectivity index (χ0) is 61.3. The van der Waals surface area contributed by atoms with Crippen LogP contribution >= 0.6 is 0 Å². The Morgan fingerprint density at radius 3 is 0.835 bits per heavy atom. The normalized spacial score (nSPS) is 12.5. The minimum atomic E-state index is -0.661. The molecule has 0 aliphatic carbocycles. The second kappa shape index (κ2) is 75.1. The van der Waals surface area contributed by atoms with E-state index in [0.29, 0.717) is 25.9 Å². The summed E-state index contributed by atoms with van der Waals surface area (Å²) in [7, 11) is 0. The van der Waals surface area contributed by atoms with Crippen LogP contribution in [0.25, 0.3) is 0 Å². The number of hydrogen-bond acceptors (Lipinski definition) is 5. The van der Waals surface area contributed by atoms with Crippen LogP contribution < -0.4 is 5.32 Å². The Bertz CT molecular complexity index is 1290. The van der Waals surface area contributed by atoms with Gasteiger partial charge in [-0.25, -0.2) is 0 Å². The Hall–Kier alpha value is -1.40. The summed E-state index contributed by atoms with van der Waals surface area (Å²) in [4.78, 5) is 24.6. The van der Waals surface area contributed by atoms with Gasteiger partial charge in [0.05, 0.1) is 25.4 Å². The van der Waals surface area contributed by atoms with Gasteiger partial charge in [-0.05, 0) is 51.4 Å². The molecule has 0 spiro atoms. The summed E-state index contributed by atoms with van der Waals surface area (Å²) >= 11 is 0. The van der Waals surface area contributed by atoms with Crippen molar-refractivity contribution in [3.05, 3.63) is 12.2 Å². The number of esters is 1. The quantitative estimate of drug-likeness (QED) is 0.0320. The van der Waals surface area contributed by atoms with E-state index in [0.717, 1.165) is 38.5 Å². The molecule has 2 atom stereocenters. The van der Waals surface area contributed by atoms with Crippen molar-refractivity contribution in [3.8, 4) is 0 Å². The standard InChI is InChI=1S/C79H155NO5/c1-3-5-7-9-11-13-15-16-17-18-42-45-48-52-55-59-63-67-71-77(82)76(75-81)80-78(83)72-68-64-60-56-53-49-46-43-40-38-36-34-32-30-28-26-24-22-20-19-21-23-25-27-29-31-33-35-37-39-41-44-47-50-54-58-62-66-70-74-85-79(84)73-69-65-61-57-51-14-12-10-8-6-4-2/h19-20,76-77,81-82H,3-18,21-75H2,1-2H3,(H,80,83)/b20-19-. The Balaban J connectivity index is 3.32. The van der Waals surface area contributed by atoms with Crippen LogP contribution in [0.3, 0.4) is 0 Å². The first-order valence-electron chi connectivity index (χ1n) is 39.4. The van der Waals surface area contributed by atoms with Crippen molar-refractivity contribution in [3.63, 3.8) is 0 Å². The van der Waals surface area contributed by atoms with Crippen LogP contribution in [0.2, 0.25) is 0 Å². The number of rotatable bonds is 75. The van der Waals surface area contributed by atoms with Gasteiger partial charge in [0.15, 0.2) is 0 Å². The maximum atomic E-state index is 12.5. The van der Waals surface area contributed by atoms with E-state index in [4.69, 9.17) is 4.74 Å². The molecule has 3 N–H and O–H groups in total. The molecule has 6 nitrogen and oxygen atoms in total. The molecule has 0 saturated heterocycles. The number of ether oxygens (including phenoxy) is 1. The number of carbonyl (C=O) groups excluding carboxylic acids is 2. The van der Waals surface area contributed by atoms with E-state index >= 15 is 0 Å². The Morgan fingerprint density at radius 2 is 0.553 bits per heavy atom. The van der Waals surface area contributed by atoms with E-state index in [2.05, 4.69) is 31.3 Å². The fraction of sp³-hybridized carbons (Fsp3) is 0.949. The van der Waals surface area contributed by atoms with E-state index in [9.17, 15) is 19.8 Å². The number of nitrogens with one attached hydrogen (secondary N) is 1. The van der Waals surface area contributed by atoms with Crippen LogP contribution in [0.5, 0.6) is 0 Å². The monoisotopic (exact) mass is 1200 g/mol. The summed E-state index contributed by atoms with van der Waals surface area (Å²) in [6, 6.07) is -0.538. The largest absolute Gasteiger partial charge is 0.466 e. The number of amides is 1. The van der Waals surface area contributed by atoms with Crippen LogP contribution in [0, 0.1) is 0 Å². The molecule has 0 fully saturated rings. The molecule has 0 radical (unpaired) electrons. The van der Waals surface area contributed by atoms with Crippen molar-refractivity contribution in [2.75, 3.05) is 13.2 Å². The van der Waals surface area contributed by atoms with Gasteiger partial charge < -0.3 is 20.3 Å². The predicted molar refractivity (Wildman–Crippen MR) is 375 cm³/mol. The summed E-state index contributed by atoms with van der Waals surface area (Å²) in [5, 5.41) is 23.4. The number of aliphatic hydroxyl groups is 2. The summed E-state index contributed by atoms with van der Waals surface area (Å²) < 4.78 is 5.48. The molecule has 0 aromatic rings. The van der Waals surface area contributed by atoms with Crippen molar-refractivity contribution in [1.29, 1.82) is 0 Å². The second-order valence-corrected chi connectivity index (χ2v) is 27.4. The van der Waals surface area contributed by atoms with Gasteiger partial charge in [0.1, 0.15) is 0 Å². The molecular formula is C79H155NO5. The Morgan fingerprint density at radius 1 is 0.318 bits per heavy atom. The molecule has 1 amide bonds. The minimum absolute atomic E-state index is 0.0231. The van der Waals surface area contributed by atoms with E-state index in [1.54, 1.807) is 0 Å². The van der Waals surface area contributed by atoms with Gasteiger partial charge in [-0.2, -0.15) is 0 Å². The molecule has 6 heteroatoms. The van der Waals surface area contributed by atoms with E-state index in [1.807, 2.05) is 0 Å². The molecule has 506 valence electrons. The fourth-order valence-electron chi connectivity index (χ4n) is 12.8. The highest BCUT2D eigenvalue weighted by molar-refractivity contribution is 5.76. The third-order valence-electron chi connectivity index (χ3n) is 18.8. The molecule has 0 rings (SSSR count). The van der Waals surface area contributed by atoms with Gasteiger partial charge in [-0.1, -0.05) is 405 Å². The SMILES string of the molecule is CCCCCCCCCCCCCCCCCCCCC(O)C(CO)NC(=O)CCCCCCCCCCCCCCCCCCC/C=C\CCCCCCCCCCCCCCCCCCCCOC(=O)CCCCCCCCCCCCC. The molecule has 2 unspecified atom stereocenters. The molecular weight excluding hydrogens is 1040 g/mol. The predicted octanol–water partition coefficient (Wildman–Crippen LogP) is 25.9. The van der Waals surface area contributed by atoms with Gasteiger partial charge in [0.25, 0.3) is 0 Å². The molecule has 85 heavy (non-hydrogen) atoms. The highest BCUT2D eigenvalue weighted by Crippen LogP contribution is 2.20. The average Bonchev–Trinajstić information content (AvgIpc) is 3.55. The number of allylic oxidation sites excluding steroid dienone is 2.